The molecule has 0 fully saturated rings. The molecule has 0 radical (unpaired) electrons. The number of furan rings is 1. The second-order valence-electron chi connectivity index (χ2n) is 3.16. The molecule has 0 unspecified atom stereocenters. The van der Waals surface area contributed by atoms with Crippen molar-refractivity contribution in [1.29, 1.82) is 0 Å². The van der Waals surface area contributed by atoms with E-state index in [0.29, 0.717) is 11.1 Å². The van der Waals surface area contributed by atoms with Gasteiger partial charge in [0.1, 0.15) is 11.9 Å². The van der Waals surface area contributed by atoms with Crippen LogP contribution in [-0.4, -0.2) is 5.11 Å². The largest absolute Gasteiger partial charge is 0.472 e. The summed E-state index contributed by atoms with van der Waals surface area (Å²) in [5.41, 5.74) is 0.970. The van der Waals surface area contributed by atoms with E-state index in [4.69, 9.17) is 16.0 Å². The van der Waals surface area contributed by atoms with Crippen LogP contribution in [-0.2, 0) is 0 Å². The lowest BCUT2D eigenvalue weighted by atomic mass is 10.0. The third-order valence-electron chi connectivity index (χ3n) is 2.06. The second kappa shape index (κ2) is 4.04. The van der Waals surface area contributed by atoms with Crippen molar-refractivity contribution in [3.8, 4) is 0 Å². The Hall–Kier alpha value is -1.32. The van der Waals surface area contributed by atoms with Crippen LogP contribution in [0.2, 0.25) is 5.02 Å². The van der Waals surface area contributed by atoms with Crippen molar-refractivity contribution in [2.45, 2.75) is 6.10 Å². The van der Waals surface area contributed by atoms with Crippen molar-refractivity contribution in [3.63, 3.8) is 0 Å². The average molecular weight is 227 g/mol. The summed E-state index contributed by atoms with van der Waals surface area (Å²) in [6, 6.07) is 5.56. The molecular formula is C11H8ClFO2. The molecule has 15 heavy (non-hydrogen) atoms. The Morgan fingerprint density at radius 3 is 2.67 bits per heavy atom. The van der Waals surface area contributed by atoms with Gasteiger partial charge in [-0.3, -0.25) is 0 Å². The SMILES string of the molecule is O[C@H](c1ccoc1)c1cc(F)cc(Cl)c1. The molecule has 0 saturated carbocycles. The van der Waals surface area contributed by atoms with Crippen molar-refractivity contribution in [1.82, 2.24) is 0 Å². The number of benzene rings is 1. The molecular weight excluding hydrogens is 219 g/mol. The van der Waals surface area contributed by atoms with Crippen LogP contribution in [0.25, 0.3) is 0 Å². The van der Waals surface area contributed by atoms with Crippen molar-refractivity contribution in [2.75, 3.05) is 0 Å². The first-order valence-corrected chi connectivity index (χ1v) is 4.71. The maximum absolute atomic E-state index is 13.0. The quantitative estimate of drug-likeness (QED) is 0.853. The summed E-state index contributed by atoms with van der Waals surface area (Å²) in [5.74, 6) is -0.472. The van der Waals surface area contributed by atoms with Gasteiger partial charge in [0, 0.05) is 10.6 Å². The van der Waals surface area contributed by atoms with Crippen LogP contribution in [0.5, 0.6) is 0 Å². The third kappa shape index (κ3) is 2.19. The molecule has 2 rings (SSSR count). The summed E-state index contributed by atoms with van der Waals surface area (Å²) in [4.78, 5) is 0. The smallest absolute Gasteiger partial charge is 0.125 e. The van der Waals surface area contributed by atoms with Gasteiger partial charge in [0.25, 0.3) is 0 Å². The molecule has 0 aliphatic heterocycles. The molecule has 1 aromatic carbocycles. The fourth-order valence-corrected chi connectivity index (χ4v) is 1.59. The molecule has 1 heterocycles. The molecule has 78 valence electrons. The second-order valence-corrected chi connectivity index (χ2v) is 3.60. The molecule has 0 spiro atoms. The van der Waals surface area contributed by atoms with Gasteiger partial charge in [-0.15, -0.1) is 0 Å². The van der Waals surface area contributed by atoms with Crippen LogP contribution in [0.3, 0.4) is 0 Å². The topological polar surface area (TPSA) is 33.4 Å². The summed E-state index contributed by atoms with van der Waals surface area (Å²) in [6.45, 7) is 0. The summed E-state index contributed by atoms with van der Waals surface area (Å²) >= 11 is 5.68. The van der Waals surface area contributed by atoms with E-state index < -0.39 is 11.9 Å². The Morgan fingerprint density at radius 2 is 2.07 bits per heavy atom. The number of aliphatic hydroxyl groups is 1. The molecule has 0 aliphatic rings. The van der Waals surface area contributed by atoms with Crippen LogP contribution in [0.15, 0.2) is 41.2 Å². The Morgan fingerprint density at radius 1 is 1.27 bits per heavy atom. The van der Waals surface area contributed by atoms with Crippen molar-refractivity contribution >= 4 is 11.6 Å². The van der Waals surface area contributed by atoms with Crippen LogP contribution >= 0.6 is 11.6 Å². The minimum atomic E-state index is -0.919. The van der Waals surface area contributed by atoms with Gasteiger partial charge in [0.2, 0.25) is 0 Å². The number of halogens is 2. The van der Waals surface area contributed by atoms with E-state index >= 15 is 0 Å². The Balaban J connectivity index is 2.37. The van der Waals surface area contributed by atoms with Gasteiger partial charge in [-0.1, -0.05) is 11.6 Å². The van der Waals surface area contributed by atoms with E-state index in [1.807, 2.05) is 0 Å². The van der Waals surface area contributed by atoms with Crippen LogP contribution < -0.4 is 0 Å². The molecule has 0 saturated heterocycles. The lowest BCUT2D eigenvalue weighted by Gasteiger charge is -2.08. The van der Waals surface area contributed by atoms with E-state index in [9.17, 15) is 9.50 Å². The molecule has 4 heteroatoms. The molecule has 0 amide bonds. The zero-order chi connectivity index (χ0) is 10.8. The molecule has 0 aliphatic carbocycles. The predicted octanol–water partition coefficient (Wildman–Crippen LogP) is 3.15. The zero-order valence-corrected chi connectivity index (χ0v) is 8.41. The highest BCUT2D eigenvalue weighted by atomic mass is 35.5. The van der Waals surface area contributed by atoms with Gasteiger partial charge in [0.05, 0.1) is 12.5 Å². The Bertz CT molecular complexity index is 433. The molecule has 0 bridgehead atoms. The maximum atomic E-state index is 13.0. The van der Waals surface area contributed by atoms with Crippen molar-refractivity contribution in [3.05, 3.63) is 58.8 Å². The average Bonchev–Trinajstić information content (AvgIpc) is 2.67. The molecule has 1 aromatic heterocycles. The highest BCUT2D eigenvalue weighted by Crippen LogP contribution is 2.25. The van der Waals surface area contributed by atoms with Gasteiger partial charge in [0.15, 0.2) is 0 Å². The summed E-state index contributed by atoms with van der Waals surface area (Å²) in [7, 11) is 0. The standard InChI is InChI=1S/C11H8ClFO2/c12-9-3-8(4-10(13)5-9)11(14)7-1-2-15-6-7/h1-6,11,14H/t11-/m1/s1. The minimum absolute atomic E-state index is 0.257. The number of rotatable bonds is 2. The number of hydrogen-bond donors (Lipinski definition) is 1. The van der Waals surface area contributed by atoms with Gasteiger partial charge < -0.3 is 9.52 Å². The summed E-state index contributed by atoms with van der Waals surface area (Å²) in [6.07, 6.45) is 1.93. The number of hydrogen-bond acceptors (Lipinski definition) is 2. The van der Waals surface area contributed by atoms with Gasteiger partial charge in [-0.25, -0.2) is 4.39 Å². The van der Waals surface area contributed by atoms with E-state index in [1.165, 1.54) is 30.7 Å². The monoisotopic (exact) mass is 226 g/mol. The lowest BCUT2D eigenvalue weighted by molar-refractivity contribution is 0.219. The lowest BCUT2D eigenvalue weighted by Crippen LogP contribution is -1.98. The third-order valence-corrected chi connectivity index (χ3v) is 2.28. The van der Waals surface area contributed by atoms with Crippen molar-refractivity contribution < 1.29 is 13.9 Å². The highest BCUT2D eigenvalue weighted by Gasteiger charge is 2.13. The van der Waals surface area contributed by atoms with Gasteiger partial charge >= 0.3 is 0 Å². The van der Waals surface area contributed by atoms with Crippen molar-refractivity contribution in [2.24, 2.45) is 0 Å². The van der Waals surface area contributed by atoms with Crippen LogP contribution in [0.4, 0.5) is 4.39 Å². The van der Waals surface area contributed by atoms with Crippen LogP contribution in [0.1, 0.15) is 17.2 Å². The summed E-state index contributed by atoms with van der Waals surface area (Å²) in [5, 5.41) is 10.1. The fourth-order valence-electron chi connectivity index (χ4n) is 1.36. The van der Waals surface area contributed by atoms with E-state index in [2.05, 4.69) is 0 Å². The maximum Gasteiger partial charge on any atom is 0.125 e. The van der Waals surface area contributed by atoms with Crippen LogP contribution in [0, 0.1) is 5.82 Å². The first-order chi connectivity index (χ1) is 7.16. The zero-order valence-electron chi connectivity index (χ0n) is 7.65. The molecule has 2 nitrogen and oxygen atoms in total. The van der Waals surface area contributed by atoms with Gasteiger partial charge in [-0.2, -0.15) is 0 Å². The molecule has 1 N–H and O–H groups in total. The van der Waals surface area contributed by atoms with E-state index in [-0.39, 0.29) is 5.02 Å². The Kier molecular flexibility index (Phi) is 2.75. The minimum Gasteiger partial charge on any atom is -0.472 e. The first-order valence-electron chi connectivity index (χ1n) is 4.33. The van der Waals surface area contributed by atoms with E-state index in [0.717, 1.165) is 0 Å². The summed E-state index contributed by atoms with van der Waals surface area (Å²) < 4.78 is 17.8. The normalized spacial score (nSPS) is 12.7. The van der Waals surface area contributed by atoms with E-state index in [1.54, 1.807) is 6.07 Å². The molecule has 2 aromatic rings. The van der Waals surface area contributed by atoms with Gasteiger partial charge in [-0.05, 0) is 29.8 Å². The first kappa shape index (κ1) is 10.2. The fraction of sp³-hybridized carbons (Fsp3) is 0.0909. The Labute approximate surface area is 90.9 Å². The number of aliphatic hydroxyl groups excluding tert-OH is 1. The highest BCUT2D eigenvalue weighted by molar-refractivity contribution is 6.30. The molecule has 1 atom stereocenters. The predicted molar refractivity (Wildman–Crippen MR) is 54.2 cm³/mol.